The number of benzene rings is 3. The number of carbonyl (C=O) groups excluding carboxylic acids is 2. The van der Waals surface area contributed by atoms with Gasteiger partial charge in [0.1, 0.15) is 0 Å². The molecule has 3 aromatic rings. The molecule has 0 bridgehead atoms. The molecular formula is C26H25BrN2O4S. The van der Waals surface area contributed by atoms with E-state index in [0.29, 0.717) is 39.9 Å². The van der Waals surface area contributed by atoms with E-state index in [9.17, 15) is 18.0 Å². The van der Waals surface area contributed by atoms with E-state index in [2.05, 4.69) is 21.2 Å². The minimum Gasteiger partial charge on any atom is -0.321 e. The summed E-state index contributed by atoms with van der Waals surface area (Å²) in [5.41, 5.74) is 1.55. The highest BCUT2D eigenvalue weighted by Crippen LogP contribution is 2.25. The second-order valence-electron chi connectivity index (χ2n) is 8.18. The molecule has 176 valence electrons. The van der Waals surface area contributed by atoms with Gasteiger partial charge in [0.25, 0.3) is 5.91 Å². The number of hydrogen-bond acceptors (Lipinski definition) is 4. The number of rotatable bonds is 6. The SMILES string of the molecule is O=C(Nc1ccc(Br)cc1C(=O)c1ccccc1)c1ccc(S(=O)(=O)N2CCCCCC2)cc1. The summed E-state index contributed by atoms with van der Waals surface area (Å²) in [6, 6.07) is 19.8. The molecule has 3 aromatic carbocycles. The fourth-order valence-corrected chi connectivity index (χ4v) is 5.84. The average Bonchev–Trinajstić information content (AvgIpc) is 3.16. The summed E-state index contributed by atoms with van der Waals surface area (Å²) in [6.07, 6.45) is 3.79. The van der Waals surface area contributed by atoms with Crippen LogP contribution in [0.25, 0.3) is 0 Å². The van der Waals surface area contributed by atoms with Gasteiger partial charge in [0.15, 0.2) is 5.78 Å². The first kappa shape index (κ1) is 24.3. The zero-order chi connectivity index (χ0) is 24.1. The molecule has 1 saturated heterocycles. The van der Waals surface area contributed by atoms with E-state index in [1.54, 1.807) is 42.5 Å². The monoisotopic (exact) mass is 540 g/mol. The second-order valence-corrected chi connectivity index (χ2v) is 11.0. The summed E-state index contributed by atoms with van der Waals surface area (Å²) in [7, 11) is -3.59. The number of anilines is 1. The minimum atomic E-state index is -3.59. The summed E-state index contributed by atoms with van der Waals surface area (Å²) in [5.74, 6) is -0.640. The van der Waals surface area contributed by atoms with Gasteiger partial charge >= 0.3 is 0 Å². The predicted molar refractivity (Wildman–Crippen MR) is 136 cm³/mol. The quantitative estimate of drug-likeness (QED) is 0.418. The number of nitrogens with zero attached hydrogens (tertiary/aromatic N) is 1. The summed E-state index contributed by atoms with van der Waals surface area (Å²) in [5, 5.41) is 2.79. The number of nitrogens with one attached hydrogen (secondary N) is 1. The maximum Gasteiger partial charge on any atom is 0.255 e. The van der Waals surface area contributed by atoms with Gasteiger partial charge < -0.3 is 5.32 Å². The third-order valence-electron chi connectivity index (χ3n) is 5.83. The second kappa shape index (κ2) is 10.6. The van der Waals surface area contributed by atoms with Crippen molar-refractivity contribution >= 4 is 43.3 Å². The lowest BCUT2D eigenvalue weighted by Crippen LogP contribution is -2.31. The lowest BCUT2D eigenvalue weighted by molar-refractivity contribution is 0.102. The van der Waals surface area contributed by atoms with E-state index in [0.717, 1.165) is 25.7 Å². The van der Waals surface area contributed by atoms with Crippen molar-refractivity contribution in [3.05, 3.63) is 94.0 Å². The first-order valence-electron chi connectivity index (χ1n) is 11.2. The number of ketones is 1. The minimum absolute atomic E-state index is 0.175. The summed E-state index contributed by atoms with van der Waals surface area (Å²) in [6.45, 7) is 1.04. The van der Waals surface area contributed by atoms with Gasteiger partial charge in [-0.2, -0.15) is 4.31 Å². The van der Waals surface area contributed by atoms with Crippen LogP contribution in [0.1, 0.15) is 52.0 Å². The van der Waals surface area contributed by atoms with Crippen LogP contribution < -0.4 is 5.32 Å². The number of halogens is 1. The van der Waals surface area contributed by atoms with Gasteiger partial charge in [-0.15, -0.1) is 0 Å². The third kappa shape index (κ3) is 5.46. The Kier molecular flexibility index (Phi) is 7.60. The average molecular weight is 541 g/mol. The Morgan fingerprint density at radius 3 is 2.09 bits per heavy atom. The van der Waals surface area contributed by atoms with Gasteiger partial charge in [0.2, 0.25) is 10.0 Å². The lowest BCUT2D eigenvalue weighted by Gasteiger charge is -2.20. The molecule has 0 aliphatic carbocycles. The van der Waals surface area contributed by atoms with Crippen molar-refractivity contribution in [2.45, 2.75) is 30.6 Å². The molecule has 1 aliphatic rings. The molecule has 1 amide bonds. The molecule has 8 heteroatoms. The van der Waals surface area contributed by atoms with Crippen molar-refractivity contribution in [2.75, 3.05) is 18.4 Å². The van der Waals surface area contributed by atoms with Crippen molar-refractivity contribution in [1.82, 2.24) is 4.31 Å². The number of hydrogen-bond donors (Lipinski definition) is 1. The van der Waals surface area contributed by atoms with Crippen molar-refractivity contribution in [2.24, 2.45) is 0 Å². The van der Waals surface area contributed by atoms with Crippen LogP contribution in [0.5, 0.6) is 0 Å². The van der Waals surface area contributed by atoms with Crippen LogP contribution in [0, 0.1) is 0 Å². The van der Waals surface area contributed by atoms with E-state index in [-0.39, 0.29) is 10.7 Å². The maximum atomic E-state index is 13.0. The molecule has 0 aromatic heterocycles. The fourth-order valence-electron chi connectivity index (χ4n) is 3.96. The Balaban J connectivity index is 1.54. The first-order valence-corrected chi connectivity index (χ1v) is 13.4. The first-order chi connectivity index (χ1) is 16.4. The maximum absolute atomic E-state index is 13.0. The number of amides is 1. The van der Waals surface area contributed by atoms with Crippen molar-refractivity contribution in [1.29, 1.82) is 0 Å². The van der Waals surface area contributed by atoms with E-state index in [1.807, 2.05) is 6.07 Å². The summed E-state index contributed by atoms with van der Waals surface area (Å²) < 4.78 is 28.2. The van der Waals surface area contributed by atoms with Crippen LogP contribution >= 0.6 is 15.9 Å². The Morgan fingerprint density at radius 2 is 1.44 bits per heavy atom. The van der Waals surface area contributed by atoms with Gasteiger partial charge in [0, 0.05) is 34.3 Å². The van der Waals surface area contributed by atoms with Gasteiger partial charge in [-0.1, -0.05) is 59.1 Å². The van der Waals surface area contributed by atoms with Crippen LogP contribution in [0.15, 0.2) is 82.2 Å². The third-order valence-corrected chi connectivity index (χ3v) is 8.24. The summed E-state index contributed by atoms with van der Waals surface area (Å²) in [4.78, 5) is 26.1. The van der Waals surface area contributed by atoms with Crippen LogP contribution in [0.2, 0.25) is 0 Å². The zero-order valence-electron chi connectivity index (χ0n) is 18.5. The Bertz CT molecular complexity index is 1280. The molecule has 1 N–H and O–H groups in total. The molecule has 6 nitrogen and oxygen atoms in total. The van der Waals surface area contributed by atoms with Gasteiger partial charge in [0.05, 0.1) is 10.6 Å². The molecule has 1 fully saturated rings. The van der Waals surface area contributed by atoms with Crippen molar-refractivity contribution in [3.63, 3.8) is 0 Å². The highest BCUT2D eigenvalue weighted by atomic mass is 79.9. The van der Waals surface area contributed by atoms with Crippen LogP contribution in [-0.2, 0) is 10.0 Å². The van der Waals surface area contributed by atoms with E-state index in [1.165, 1.54) is 28.6 Å². The molecule has 34 heavy (non-hydrogen) atoms. The molecule has 0 atom stereocenters. The Morgan fingerprint density at radius 1 is 0.794 bits per heavy atom. The highest BCUT2D eigenvalue weighted by molar-refractivity contribution is 9.10. The van der Waals surface area contributed by atoms with E-state index in [4.69, 9.17) is 0 Å². The van der Waals surface area contributed by atoms with Crippen LogP contribution in [0.3, 0.4) is 0 Å². The largest absolute Gasteiger partial charge is 0.321 e. The van der Waals surface area contributed by atoms with Crippen molar-refractivity contribution in [3.8, 4) is 0 Å². The Labute approximate surface area is 208 Å². The molecule has 0 radical (unpaired) electrons. The summed E-state index contributed by atoms with van der Waals surface area (Å²) >= 11 is 3.39. The number of sulfonamides is 1. The van der Waals surface area contributed by atoms with E-state index < -0.39 is 15.9 Å². The number of carbonyl (C=O) groups is 2. The van der Waals surface area contributed by atoms with E-state index >= 15 is 0 Å². The van der Waals surface area contributed by atoms with Gasteiger partial charge in [-0.25, -0.2) is 8.42 Å². The molecular weight excluding hydrogens is 516 g/mol. The lowest BCUT2D eigenvalue weighted by atomic mass is 10.0. The van der Waals surface area contributed by atoms with Gasteiger partial charge in [-0.3, -0.25) is 9.59 Å². The van der Waals surface area contributed by atoms with Crippen molar-refractivity contribution < 1.29 is 18.0 Å². The van der Waals surface area contributed by atoms with Crippen LogP contribution in [-0.4, -0.2) is 37.5 Å². The standard InChI is InChI=1S/C26H25BrN2O4S/c27-21-12-15-24(23(18-21)25(30)19-8-4-3-5-9-19)28-26(31)20-10-13-22(14-11-20)34(32,33)29-16-6-1-2-7-17-29/h3-5,8-15,18H,1-2,6-7,16-17H2,(H,28,31). The fraction of sp³-hybridized carbons (Fsp3) is 0.231. The molecule has 0 saturated carbocycles. The van der Waals surface area contributed by atoms with Gasteiger partial charge in [-0.05, 0) is 55.3 Å². The molecule has 0 unspecified atom stereocenters. The highest BCUT2D eigenvalue weighted by Gasteiger charge is 2.25. The molecule has 0 spiro atoms. The zero-order valence-corrected chi connectivity index (χ0v) is 20.9. The molecule has 1 heterocycles. The van der Waals surface area contributed by atoms with Crippen LogP contribution in [0.4, 0.5) is 5.69 Å². The smallest absolute Gasteiger partial charge is 0.255 e. The Hall–Kier alpha value is -2.81. The molecule has 4 rings (SSSR count). The topological polar surface area (TPSA) is 83.5 Å². The predicted octanol–water partition coefficient (Wildman–Crippen LogP) is 5.50. The molecule has 1 aliphatic heterocycles. The normalized spacial score (nSPS) is 14.9.